The Morgan fingerprint density at radius 2 is 1.88 bits per heavy atom. The number of aromatic nitrogens is 2. The number of hydrogen-bond acceptors (Lipinski definition) is 6. The third-order valence-corrected chi connectivity index (χ3v) is 4.19. The first kappa shape index (κ1) is 17.0. The molecule has 3 rings (SSSR count). The smallest absolute Gasteiger partial charge is 0.274 e. The minimum atomic E-state index is -0.321. The summed E-state index contributed by atoms with van der Waals surface area (Å²) in [7, 11) is 2.08. The maximum Gasteiger partial charge on any atom is 0.274 e. The summed E-state index contributed by atoms with van der Waals surface area (Å²) in [5.41, 5.74) is 1.42. The van der Waals surface area contributed by atoms with E-state index < -0.39 is 0 Å². The highest BCUT2D eigenvalue weighted by molar-refractivity contribution is 6.04. The standard InChI is InChI=1S/C18H21N5O2/c1-13(24)14-4-3-5-15(12-14)20-17(25)16-6-7-19-18(21-16)23-10-8-22(2)9-11-23/h3-7,12H,8-11H2,1-2H3,(H,20,25). The molecule has 1 aliphatic rings. The summed E-state index contributed by atoms with van der Waals surface area (Å²) < 4.78 is 0. The summed E-state index contributed by atoms with van der Waals surface area (Å²) in [4.78, 5) is 36.9. The van der Waals surface area contributed by atoms with Gasteiger partial charge in [0.1, 0.15) is 5.69 Å². The average molecular weight is 339 g/mol. The first-order valence-electron chi connectivity index (χ1n) is 8.22. The van der Waals surface area contributed by atoms with Crippen molar-refractivity contribution < 1.29 is 9.59 Å². The van der Waals surface area contributed by atoms with E-state index in [2.05, 4.69) is 32.1 Å². The molecule has 7 heteroatoms. The predicted octanol–water partition coefficient (Wildman–Crippen LogP) is 1.68. The van der Waals surface area contributed by atoms with Gasteiger partial charge in [0.15, 0.2) is 5.78 Å². The molecule has 0 aliphatic carbocycles. The van der Waals surface area contributed by atoms with Crippen molar-refractivity contribution in [3.05, 3.63) is 47.8 Å². The van der Waals surface area contributed by atoms with Gasteiger partial charge >= 0.3 is 0 Å². The Hall–Kier alpha value is -2.80. The van der Waals surface area contributed by atoms with Crippen molar-refractivity contribution in [2.75, 3.05) is 43.4 Å². The number of benzene rings is 1. The molecule has 2 aromatic rings. The Morgan fingerprint density at radius 1 is 1.12 bits per heavy atom. The van der Waals surface area contributed by atoms with Gasteiger partial charge in [0.2, 0.25) is 5.95 Å². The van der Waals surface area contributed by atoms with E-state index in [1.165, 1.54) is 6.92 Å². The van der Waals surface area contributed by atoms with Crippen LogP contribution < -0.4 is 10.2 Å². The van der Waals surface area contributed by atoms with Gasteiger partial charge < -0.3 is 15.1 Å². The molecule has 1 amide bonds. The molecule has 0 bridgehead atoms. The highest BCUT2D eigenvalue weighted by Gasteiger charge is 2.18. The summed E-state index contributed by atoms with van der Waals surface area (Å²) in [6.45, 7) is 5.05. The second-order valence-corrected chi connectivity index (χ2v) is 6.12. The quantitative estimate of drug-likeness (QED) is 0.854. The Morgan fingerprint density at radius 3 is 2.60 bits per heavy atom. The van der Waals surface area contributed by atoms with Crippen LogP contribution in [-0.2, 0) is 0 Å². The van der Waals surface area contributed by atoms with Crippen LogP contribution in [0.5, 0.6) is 0 Å². The van der Waals surface area contributed by atoms with Crippen LogP contribution in [0.4, 0.5) is 11.6 Å². The van der Waals surface area contributed by atoms with E-state index in [9.17, 15) is 9.59 Å². The molecule has 1 fully saturated rings. The molecule has 1 saturated heterocycles. The number of piperazine rings is 1. The monoisotopic (exact) mass is 339 g/mol. The summed E-state index contributed by atoms with van der Waals surface area (Å²) >= 11 is 0. The summed E-state index contributed by atoms with van der Waals surface area (Å²) in [5.74, 6) is 0.201. The molecule has 0 unspecified atom stereocenters. The molecule has 0 radical (unpaired) electrons. The van der Waals surface area contributed by atoms with Gasteiger partial charge in [-0.2, -0.15) is 0 Å². The van der Waals surface area contributed by atoms with E-state index in [0.717, 1.165) is 26.2 Å². The maximum atomic E-state index is 12.5. The highest BCUT2D eigenvalue weighted by atomic mass is 16.2. The van der Waals surface area contributed by atoms with E-state index in [1.807, 2.05) is 0 Å². The SMILES string of the molecule is CC(=O)c1cccc(NC(=O)c2ccnc(N3CCN(C)CC3)n2)c1. The topological polar surface area (TPSA) is 78.4 Å². The van der Waals surface area contributed by atoms with Crippen molar-refractivity contribution in [2.45, 2.75) is 6.92 Å². The number of carbonyl (C=O) groups excluding carboxylic acids is 2. The first-order valence-corrected chi connectivity index (χ1v) is 8.22. The van der Waals surface area contributed by atoms with Crippen LogP contribution in [0.1, 0.15) is 27.8 Å². The number of hydrogen-bond donors (Lipinski definition) is 1. The Balaban J connectivity index is 1.73. The lowest BCUT2D eigenvalue weighted by Gasteiger charge is -2.32. The lowest BCUT2D eigenvalue weighted by Crippen LogP contribution is -2.45. The van der Waals surface area contributed by atoms with Crippen molar-refractivity contribution in [1.82, 2.24) is 14.9 Å². The van der Waals surface area contributed by atoms with Crippen LogP contribution in [0.2, 0.25) is 0 Å². The normalized spacial score (nSPS) is 15.0. The number of nitrogens with zero attached hydrogens (tertiary/aromatic N) is 4. The molecule has 1 N–H and O–H groups in total. The molecule has 7 nitrogen and oxygen atoms in total. The Labute approximate surface area is 146 Å². The fourth-order valence-corrected chi connectivity index (χ4v) is 2.64. The van der Waals surface area contributed by atoms with Crippen molar-refractivity contribution in [3.63, 3.8) is 0 Å². The zero-order chi connectivity index (χ0) is 17.8. The molecule has 25 heavy (non-hydrogen) atoms. The van der Waals surface area contributed by atoms with Crippen molar-refractivity contribution in [1.29, 1.82) is 0 Å². The van der Waals surface area contributed by atoms with Gasteiger partial charge in [0.05, 0.1) is 0 Å². The van der Waals surface area contributed by atoms with Gasteiger partial charge in [-0.25, -0.2) is 9.97 Å². The predicted molar refractivity (Wildman–Crippen MR) is 96.1 cm³/mol. The Bertz CT molecular complexity index is 785. The number of nitrogens with one attached hydrogen (secondary N) is 1. The van der Waals surface area contributed by atoms with Crippen molar-refractivity contribution >= 4 is 23.3 Å². The van der Waals surface area contributed by atoms with Crippen LogP contribution in [0.15, 0.2) is 36.5 Å². The minimum absolute atomic E-state index is 0.0458. The fourth-order valence-electron chi connectivity index (χ4n) is 2.64. The van der Waals surface area contributed by atoms with Crippen LogP contribution in [-0.4, -0.2) is 59.8 Å². The molecule has 2 heterocycles. The van der Waals surface area contributed by atoms with Gasteiger partial charge in [-0.3, -0.25) is 9.59 Å². The molecular formula is C18H21N5O2. The zero-order valence-corrected chi connectivity index (χ0v) is 14.4. The Kier molecular flexibility index (Phi) is 5.04. The van der Waals surface area contributed by atoms with Crippen LogP contribution in [0.3, 0.4) is 0 Å². The fraction of sp³-hybridized carbons (Fsp3) is 0.333. The van der Waals surface area contributed by atoms with Crippen LogP contribution in [0, 0.1) is 0 Å². The summed E-state index contributed by atoms with van der Waals surface area (Å²) in [6.07, 6.45) is 1.60. The zero-order valence-electron chi connectivity index (χ0n) is 14.4. The molecule has 1 aromatic carbocycles. The van der Waals surface area contributed by atoms with Crippen LogP contribution >= 0.6 is 0 Å². The number of likely N-dealkylation sites (N-methyl/N-ethyl adjacent to an activating group) is 1. The van der Waals surface area contributed by atoms with Gasteiger partial charge in [0, 0.05) is 43.6 Å². The van der Waals surface area contributed by atoms with Gasteiger partial charge in [0.25, 0.3) is 5.91 Å². The second kappa shape index (κ2) is 7.40. The maximum absolute atomic E-state index is 12.5. The van der Waals surface area contributed by atoms with Crippen molar-refractivity contribution in [2.24, 2.45) is 0 Å². The molecule has 1 aliphatic heterocycles. The van der Waals surface area contributed by atoms with Gasteiger partial charge in [-0.1, -0.05) is 12.1 Å². The van der Waals surface area contributed by atoms with E-state index in [4.69, 9.17) is 0 Å². The third-order valence-electron chi connectivity index (χ3n) is 4.19. The molecule has 1 aromatic heterocycles. The highest BCUT2D eigenvalue weighted by Crippen LogP contribution is 2.14. The van der Waals surface area contributed by atoms with Gasteiger partial charge in [-0.05, 0) is 32.2 Å². The largest absolute Gasteiger partial charge is 0.338 e. The molecule has 0 atom stereocenters. The lowest BCUT2D eigenvalue weighted by molar-refractivity contribution is 0.100. The van der Waals surface area contributed by atoms with E-state index in [-0.39, 0.29) is 11.7 Å². The molecule has 0 spiro atoms. The summed E-state index contributed by atoms with van der Waals surface area (Å²) in [5, 5.41) is 2.78. The van der Waals surface area contributed by atoms with E-state index in [0.29, 0.717) is 22.9 Å². The van der Waals surface area contributed by atoms with E-state index >= 15 is 0 Å². The van der Waals surface area contributed by atoms with Gasteiger partial charge in [-0.15, -0.1) is 0 Å². The first-order chi connectivity index (χ1) is 12.0. The third kappa shape index (κ3) is 4.19. The minimum Gasteiger partial charge on any atom is -0.338 e. The molecule has 0 saturated carbocycles. The number of Topliss-reactive ketones (excluding diaryl/α,β-unsaturated/α-hetero) is 1. The number of rotatable bonds is 4. The summed E-state index contributed by atoms with van der Waals surface area (Å²) in [6, 6.07) is 8.44. The number of amides is 1. The lowest BCUT2D eigenvalue weighted by atomic mass is 10.1. The second-order valence-electron chi connectivity index (χ2n) is 6.12. The number of carbonyl (C=O) groups is 2. The molecule has 130 valence electrons. The number of anilines is 2. The van der Waals surface area contributed by atoms with E-state index in [1.54, 1.807) is 36.5 Å². The molecular weight excluding hydrogens is 318 g/mol. The average Bonchev–Trinajstić information content (AvgIpc) is 2.62. The van der Waals surface area contributed by atoms with Crippen LogP contribution in [0.25, 0.3) is 0 Å². The number of ketones is 1. The van der Waals surface area contributed by atoms with Crippen molar-refractivity contribution in [3.8, 4) is 0 Å².